The van der Waals surface area contributed by atoms with Crippen LogP contribution in [0, 0.1) is 13.8 Å². The molecule has 4 heteroatoms. The molecule has 76 valence electrons. The van der Waals surface area contributed by atoms with Gasteiger partial charge in [0.15, 0.2) is 0 Å². The molecule has 0 spiro atoms. The Morgan fingerprint density at radius 1 is 1.14 bits per heavy atom. The molecule has 4 nitrogen and oxygen atoms in total. The molecule has 1 aliphatic rings. The molecule has 1 fully saturated rings. The van der Waals surface area contributed by atoms with Gasteiger partial charge in [0.2, 0.25) is 0 Å². The van der Waals surface area contributed by atoms with E-state index in [1.165, 1.54) is 12.8 Å². The van der Waals surface area contributed by atoms with E-state index >= 15 is 0 Å². The minimum absolute atomic E-state index is 0.476. The second kappa shape index (κ2) is 4.00. The lowest BCUT2D eigenvalue weighted by molar-refractivity contribution is 0.443. The molecule has 1 N–H and O–H groups in total. The van der Waals surface area contributed by atoms with Gasteiger partial charge in [-0.3, -0.25) is 0 Å². The van der Waals surface area contributed by atoms with Crippen LogP contribution >= 0.6 is 0 Å². The SMILES string of the molecule is Cc1nc(C)nc(C2CCCNC2)n1. The van der Waals surface area contributed by atoms with Gasteiger partial charge in [-0.05, 0) is 33.2 Å². The standard InChI is InChI=1S/C10H16N4/c1-7-12-8(2)14-10(13-7)9-4-3-5-11-6-9/h9,11H,3-6H2,1-2H3. The fourth-order valence-electron chi connectivity index (χ4n) is 1.90. The van der Waals surface area contributed by atoms with Gasteiger partial charge in [-0.25, -0.2) is 15.0 Å². The Morgan fingerprint density at radius 3 is 2.43 bits per heavy atom. The van der Waals surface area contributed by atoms with Crippen molar-refractivity contribution in [3.05, 3.63) is 17.5 Å². The smallest absolute Gasteiger partial charge is 0.136 e. The van der Waals surface area contributed by atoms with Crippen molar-refractivity contribution in [3.8, 4) is 0 Å². The fourth-order valence-corrected chi connectivity index (χ4v) is 1.90. The molecular formula is C10H16N4. The van der Waals surface area contributed by atoms with Crippen molar-refractivity contribution in [1.82, 2.24) is 20.3 Å². The van der Waals surface area contributed by atoms with Crippen molar-refractivity contribution in [1.29, 1.82) is 0 Å². The van der Waals surface area contributed by atoms with Crippen LogP contribution < -0.4 is 5.32 Å². The number of rotatable bonds is 1. The molecule has 0 bridgehead atoms. The van der Waals surface area contributed by atoms with Crippen molar-refractivity contribution in [2.24, 2.45) is 0 Å². The first-order valence-corrected chi connectivity index (χ1v) is 5.15. The quantitative estimate of drug-likeness (QED) is 0.720. The molecule has 1 aromatic rings. The van der Waals surface area contributed by atoms with E-state index in [1.54, 1.807) is 0 Å². The first-order chi connectivity index (χ1) is 6.75. The summed E-state index contributed by atoms with van der Waals surface area (Å²) in [5.74, 6) is 3.10. The van der Waals surface area contributed by atoms with Gasteiger partial charge in [-0.15, -0.1) is 0 Å². The third-order valence-corrected chi connectivity index (χ3v) is 2.54. The second-order valence-electron chi connectivity index (χ2n) is 3.83. The number of nitrogens with one attached hydrogen (secondary N) is 1. The summed E-state index contributed by atoms with van der Waals surface area (Å²) in [6, 6.07) is 0. The summed E-state index contributed by atoms with van der Waals surface area (Å²) < 4.78 is 0. The Bertz CT molecular complexity index is 298. The number of hydrogen-bond acceptors (Lipinski definition) is 4. The predicted molar refractivity (Wildman–Crippen MR) is 54.1 cm³/mol. The van der Waals surface area contributed by atoms with E-state index in [2.05, 4.69) is 20.3 Å². The average Bonchev–Trinajstić information content (AvgIpc) is 2.18. The first kappa shape index (κ1) is 9.52. The van der Waals surface area contributed by atoms with Crippen LogP contribution in [0.1, 0.15) is 36.2 Å². The highest BCUT2D eigenvalue weighted by molar-refractivity contribution is 5.02. The van der Waals surface area contributed by atoms with E-state index in [4.69, 9.17) is 0 Å². The summed E-state index contributed by atoms with van der Waals surface area (Å²) >= 11 is 0. The molecule has 0 saturated carbocycles. The summed E-state index contributed by atoms with van der Waals surface area (Å²) in [5.41, 5.74) is 0. The van der Waals surface area contributed by atoms with Gasteiger partial charge in [0, 0.05) is 12.5 Å². The number of nitrogens with zero attached hydrogens (tertiary/aromatic N) is 3. The summed E-state index contributed by atoms with van der Waals surface area (Å²) in [7, 11) is 0. The van der Waals surface area contributed by atoms with Crippen LogP contribution in [0.15, 0.2) is 0 Å². The normalized spacial score (nSPS) is 22.3. The van der Waals surface area contributed by atoms with Crippen LogP contribution in [0.2, 0.25) is 0 Å². The molecule has 1 aromatic heterocycles. The zero-order valence-corrected chi connectivity index (χ0v) is 8.75. The molecule has 2 rings (SSSR count). The average molecular weight is 192 g/mol. The maximum atomic E-state index is 4.40. The molecule has 1 saturated heterocycles. The minimum Gasteiger partial charge on any atom is -0.316 e. The summed E-state index contributed by atoms with van der Waals surface area (Å²) in [6.07, 6.45) is 2.41. The van der Waals surface area contributed by atoms with Crippen molar-refractivity contribution in [3.63, 3.8) is 0 Å². The lowest BCUT2D eigenvalue weighted by Gasteiger charge is -2.21. The third-order valence-electron chi connectivity index (χ3n) is 2.54. The highest BCUT2D eigenvalue weighted by atomic mass is 15.0. The maximum Gasteiger partial charge on any atom is 0.136 e. The van der Waals surface area contributed by atoms with Crippen molar-refractivity contribution in [2.45, 2.75) is 32.6 Å². The lowest BCUT2D eigenvalue weighted by Crippen LogP contribution is -2.29. The molecule has 2 heterocycles. The Kier molecular flexibility index (Phi) is 2.72. The lowest BCUT2D eigenvalue weighted by atomic mass is 9.99. The number of hydrogen-bond donors (Lipinski definition) is 1. The molecule has 1 aliphatic heterocycles. The van der Waals surface area contributed by atoms with Crippen LogP contribution in [-0.4, -0.2) is 28.0 Å². The van der Waals surface area contributed by atoms with E-state index in [0.717, 1.165) is 30.6 Å². The summed E-state index contributed by atoms with van der Waals surface area (Å²) in [5, 5.41) is 3.37. The Balaban J connectivity index is 2.21. The Labute approximate surface area is 84.2 Å². The van der Waals surface area contributed by atoms with Gasteiger partial charge in [-0.2, -0.15) is 0 Å². The van der Waals surface area contributed by atoms with Crippen LogP contribution in [0.25, 0.3) is 0 Å². The maximum absolute atomic E-state index is 4.40. The molecule has 1 atom stereocenters. The van der Waals surface area contributed by atoms with E-state index in [-0.39, 0.29) is 0 Å². The van der Waals surface area contributed by atoms with Crippen molar-refractivity contribution in [2.75, 3.05) is 13.1 Å². The summed E-state index contributed by atoms with van der Waals surface area (Å²) in [6.45, 7) is 5.98. The number of piperidine rings is 1. The molecule has 0 aromatic carbocycles. The minimum atomic E-state index is 0.476. The van der Waals surface area contributed by atoms with Gasteiger partial charge in [0.1, 0.15) is 17.5 Å². The van der Waals surface area contributed by atoms with Gasteiger partial charge < -0.3 is 5.32 Å². The third kappa shape index (κ3) is 2.07. The number of aryl methyl sites for hydroxylation is 2. The molecule has 0 aliphatic carbocycles. The highest BCUT2D eigenvalue weighted by Gasteiger charge is 2.18. The van der Waals surface area contributed by atoms with Gasteiger partial charge in [-0.1, -0.05) is 0 Å². The Hall–Kier alpha value is -1.03. The second-order valence-corrected chi connectivity index (χ2v) is 3.83. The Morgan fingerprint density at radius 2 is 1.86 bits per heavy atom. The highest BCUT2D eigenvalue weighted by Crippen LogP contribution is 2.19. The van der Waals surface area contributed by atoms with Crippen LogP contribution in [0.4, 0.5) is 0 Å². The zero-order valence-electron chi connectivity index (χ0n) is 8.75. The number of aromatic nitrogens is 3. The van der Waals surface area contributed by atoms with Gasteiger partial charge >= 0.3 is 0 Å². The van der Waals surface area contributed by atoms with E-state index in [1.807, 2.05) is 13.8 Å². The monoisotopic (exact) mass is 192 g/mol. The molecule has 1 unspecified atom stereocenters. The molecule has 0 amide bonds. The summed E-state index contributed by atoms with van der Waals surface area (Å²) in [4.78, 5) is 13.0. The first-order valence-electron chi connectivity index (χ1n) is 5.15. The van der Waals surface area contributed by atoms with E-state index in [0.29, 0.717) is 5.92 Å². The van der Waals surface area contributed by atoms with Crippen LogP contribution in [0.5, 0.6) is 0 Å². The zero-order chi connectivity index (χ0) is 9.97. The van der Waals surface area contributed by atoms with Crippen LogP contribution in [-0.2, 0) is 0 Å². The fraction of sp³-hybridized carbons (Fsp3) is 0.700. The van der Waals surface area contributed by atoms with Crippen molar-refractivity contribution >= 4 is 0 Å². The largest absolute Gasteiger partial charge is 0.316 e. The molecule has 14 heavy (non-hydrogen) atoms. The van der Waals surface area contributed by atoms with E-state index in [9.17, 15) is 0 Å². The van der Waals surface area contributed by atoms with Crippen LogP contribution in [0.3, 0.4) is 0 Å². The molecular weight excluding hydrogens is 176 g/mol. The molecule has 0 radical (unpaired) electrons. The van der Waals surface area contributed by atoms with Gasteiger partial charge in [0.25, 0.3) is 0 Å². The van der Waals surface area contributed by atoms with Gasteiger partial charge in [0.05, 0.1) is 0 Å². The van der Waals surface area contributed by atoms with Crippen molar-refractivity contribution < 1.29 is 0 Å². The topological polar surface area (TPSA) is 50.7 Å². The van der Waals surface area contributed by atoms with E-state index < -0.39 is 0 Å². The predicted octanol–water partition coefficient (Wildman–Crippen LogP) is 0.955.